The molecule has 5 nitrogen and oxygen atoms in total. The van der Waals surface area contributed by atoms with E-state index in [0.29, 0.717) is 18.1 Å². The van der Waals surface area contributed by atoms with Crippen molar-refractivity contribution in [1.82, 2.24) is 10.6 Å². The number of rotatable bonds is 4. The Morgan fingerprint density at radius 3 is 2.77 bits per heavy atom. The molecule has 144 valence electrons. The van der Waals surface area contributed by atoms with Gasteiger partial charge in [0, 0.05) is 32.7 Å². The first-order valence-electron chi connectivity index (χ1n) is 8.21. The van der Waals surface area contributed by atoms with Gasteiger partial charge in [0.2, 0.25) is 0 Å². The van der Waals surface area contributed by atoms with Crippen molar-refractivity contribution in [3.05, 3.63) is 29.8 Å². The largest absolute Gasteiger partial charge is 0.390 e. The van der Waals surface area contributed by atoms with Crippen LogP contribution < -0.4 is 15.5 Å². The molecule has 1 aliphatic heterocycles. The molecule has 1 aromatic carbocycles. The van der Waals surface area contributed by atoms with Crippen molar-refractivity contribution in [2.75, 3.05) is 31.6 Å². The Morgan fingerprint density at radius 2 is 2.12 bits per heavy atom. The third-order valence-corrected chi connectivity index (χ3v) is 4.05. The van der Waals surface area contributed by atoms with Gasteiger partial charge >= 0.3 is 6.18 Å². The third-order valence-electron chi connectivity index (χ3n) is 4.05. The molecular formula is C17H23F3IN5. The summed E-state index contributed by atoms with van der Waals surface area (Å²) in [6.45, 7) is 1.30. The number of halogens is 4. The molecule has 0 spiro atoms. The number of aliphatic imine (C=N–C) groups is 1. The molecule has 1 heterocycles. The van der Waals surface area contributed by atoms with Crippen LogP contribution in [0.3, 0.4) is 0 Å². The maximum atomic E-state index is 12.2. The summed E-state index contributed by atoms with van der Waals surface area (Å²) in [7, 11) is 1.54. The van der Waals surface area contributed by atoms with Gasteiger partial charge in [-0.3, -0.25) is 4.99 Å². The molecule has 1 aliphatic rings. The second kappa shape index (κ2) is 10.4. The topological polar surface area (TPSA) is 63.5 Å². The molecule has 0 radical (unpaired) electrons. The lowest BCUT2D eigenvalue weighted by atomic mass is 10.0. The Hall–Kier alpha value is -1.70. The van der Waals surface area contributed by atoms with Crippen molar-refractivity contribution >= 4 is 35.6 Å². The fraction of sp³-hybridized carbons (Fsp3) is 0.529. The summed E-state index contributed by atoms with van der Waals surface area (Å²) < 4.78 is 36.7. The van der Waals surface area contributed by atoms with E-state index >= 15 is 0 Å². The fourth-order valence-electron chi connectivity index (χ4n) is 2.87. The lowest BCUT2D eigenvalue weighted by Crippen LogP contribution is -2.51. The van der Waals surface area contributed by atoms with Crippen LogP contribution in [0.25, 0.3) is 0 Å². The maximum absolute atomic E-state index is 12.2. The number of anilines is 1. The Labute approximate surface area is 168 Å². The minimum Gasteiger partial charge on any atom is -0.368 e. The van der Waals surface area contributed by atoms with Gasteiger partial charge in [0.05, 0.1) is 17.7 Å². The Balaban J connectivity index is 0.00000338. The van der Waals surface area contributed by atoms with E-state index in [4.69, 9.17) is 0 Å². The Bertz CT molecular complexity index is 642. The molecule has 1 aromatic rings. The van der Waals surface area contributed by atoms with Crippen molar-refractivity contribution in [3.63, 3.8) is 0 Å². The number of guanidine groups is 1. The summed E-state index contributed by atoms with van der Waals surface area (Å²) in [5, 5.41) is 15.1. The highest BCUT2D eigenvalue weighted by Crippen LogP contribution is 2.23. The van der Waals surface area contributed by atoms with Crippen LogP contribution in [0.4, 0.5) is 18.9 Å². The molecular weight excluding hydrogens is 458 g/mol. The average Bonchev–Trinajstić information content (AvgIpc) is 2.60. The molecule has 9 heteroatoms. The second-order valence-electron chi connectivity index (χ2n) is 5.92. The van der Waals surface area contributed by atoms with Crippen LogP contribution in [0.2, 0.25) is 0 Å². The number of alkyl halides is 3. The minimum absolute atomic E-state index is 0. The zero-order valence-electron chi connectivity index (χ0n) is 14.5. The number of hydrogen-bond donors (Lipinski definition) is 2. The standard InChI is InChI=1S/C17H22F3N5.HI/c1-22-16(23-9-8-17(18,19)20)24-14-6-4-10-25(12-14)15-7-3-2-5-13(15)11-21;/h2-3,5,7,14H,4,6,8-10,12H2,1H3,(H2,22,23,24);1H. The molecule has 1 unspecified atom stereocenters. The zero-order valence-corrected chi connectivity index (χ0v) is 16.8. The summed E-state index contributed by atoms with van der Waals surface area (Å²) >= 11 is 0. The van der Waals surface area contributed by atoms with Crippen molar-refractivity contribution in [3.8, 4) is 6.07 Å². The van der Waals surface area contributed by atoms with Gasteiger partial charge in [0.15, 0.2) is 5.96 Å². The summed E-state index contributed by atoms with van der Waals surface area (Å²) in [5.41, 5.74) is 1.51. The van der Waals surface area contributed by atoms with E-state index in [1.54, 1.807) is 6.07 Å². The van der Waals surface area contributed by atoms with Crippen LogP contribution in [0, 0.1) is 11.3 Å². The van der Waals surface area contributed by atoms with Crippen LogP contribution in [-0.4, -0.2) is 44.9 Å². The van der Waals surface area contributed by atoms with E-state index in [1.807, 2.05) is 18.2 Å². The predicted octanol–water partition coefficient (Wildman–Crippen LogP) is 3.26. The Kier molecular flexibility index (Phi) is 8.98. The number of nitriles is 1. The Morgan fingerprint density at radius 1 is 1.38 bits per heavy atom. The molecule has 0 saturated carbocycles. The normalized spacial score (nSPS) is 17.9. The zero-order chi connectivity index (χ0) is 18.3. The number of hydrogen-bond acceptors (Lipinski definition) is 3. The quantitative estimate of drug-likeness (QED) is 0.394. The van der Waals surface area contributed by atoms with Gasteiger partial charge < -0.3 is 15.5 Å². The number of nitrogens with one attached hydrogen (secondary N) is 2. The fourth-order valence-corrected chi connectivity index (χ4v) is 2.87. The van der Waals surface area contributed by atoms with Crippen molar-refractivity contribution in [2.45, 2.75) is 31.5 Å². The van der Waals surface area contributed by atoms with Gasteiger partial charge in [-0.05, 0) is 25.0 Å². The van der Waals surface area contributed by atoms with Gasteiger partial charge in [-0.25, -0.2) is 0 Å². The van der Waals surface area contributed by atoms with E-state index in [1.165, 1.54) is 7.05 Å². The first kappa shape index (κ1) is 22.3. The summed E-state index contributed by atoms with van der Waals surface area (Å²) in [4.78, 5) is 6.12. The highest BCUT2D eigenvalue weighted by molar-refractivity contribution is 14.0. The summed E-state index contributed by atoms with van der Waals surface area (Å²) in [6, 6.07) is 9.67. The molecule has 0 bridgehead atoms. The monoisotopic (exact) mass is 481 g/mol. The van der Waals surface area contributed by atoms with E-state index < -0.39 is 12.6 Å². The number of nitrogens with zero attached hydrogens (tertiary/aromatic N) is 3. The van der Waals surface area contributed by atoms with E-state index in [0.717, 1.165) is 25.1 Å². The first-order chi connectivity index (χ1) is 11.9. The van der Waals surface area contributed by atoms with Crippen LogP contribution in [-0.2, 0) is 0 Å². The number of piperidine rings is 1. The molecule has 2 N–H and O–H groups in total. The van der Waals surface area contributed by atoms with Crippen molar-refractivity contribution < 1.29 is 13.2 Å². The lowest BCUT2D eigenvalue weighted by molar-refractivity contribution is -0.132. The van der Waals surface area contributed by atoms with Gasteiger partial charge in [-0.1, -0.05) is 12.1 Å². The van der Waals surface area contributed by atoms with Crippen LogP contribution >= 0.6 is 24.0 Å². The van der Waals surface area contributed by atoms with Crippen LogP contribution in [0.15, 0.2) is 29.3 Å². The van der Waals surface area contributed by atoms with Crippen LogP contribution in [0.5, 0.6) is 0 Å². The van der Waals surface area contributed by atoms with Gasteiger partial charge in [0.25, 0.3) is 0 Å². The van der Waals surface area contributed by atoms with E-state index in [-0.39, 0.29) is 36.6 Å². The third kappa shape index (κ3) is 6.90. The minimum atomic E-state index is -4.19. The SMILES string of the molecule is CN=C(NCCC(F)(F)F)NC1CCCN(c2ccccc2C#N)C1.I. The highest BCUT2D eigenvalue weighted by Gasteiger charge is 2.27. The first-order valence-corrected chi connectivity index (χ1v) is 8.21. The second-order valence-corrected chi connectivity index (χ2v) is 5.92. The van der Waals surface area contributed by atoms with E-state index in [2.05, 4.69) is 26.6 Å². The predicted molar refractivity (Wildman–Crippen MR) is 107 cm³/mol. The van der Waals surface area contributed by atoms with Crippen molar-refractivity contribution in [1.29, 1.82) is 5.26 Å². The van der Waals surface area contributed by atoms with E-state index in [9.17, 15) is 18.4 Å². The van der Waals surface area contributed by atoms with Gasteiger partial charge in [-0.15, -0.1) is 24.0 Å². The molecule has 1 atom stereocenters. The molecule has 1 saturated heterocycles. The average molecular weight is 481 g/mol. The maximum Gasteiger partial charge on any atom is 0.390 e. The summed E-state index contributed by atoms with van der Waals surface area (Å²) in [5.74, 6) is 0.365. The molecule has 0 aliphatic carbocycles. The molecule has 0 amide bonds. The molecule has 1 fully saturated rings. The molecule has 2 rings (SSSR count). The molecule has 26 heavy (non-hydrogen) atoms. The number of benzene rings is 1. The van der Waals surface area contributed by atoms with Gasteiger partial charge in [-0.2, -0.15) is 18.4 Å². The van der Waals surface area contributed by atoms with Gasteiger partial charge in [0.1, 0.15) is 6.07 Å². The smallest absolute Gasteiger partial charge is 0.368 e. The highest BCUT2D eigenvalue weighted by atomic mass is 127. The molecule has 0 aromatic heterocycles. The van der Waals surface area contributed by atoms with Crippen LogP contribution in [0.1, 0.15) is 24.8 Å². The summed E-state index contributed by atoms with van der Waals surface area (Å²) in [6.07, 6.45) is -3.27. The van der Waals surface area contributed by atoms with Crippen molar-refractivity contribution in [2.24, 2.45) is 4.99 Å². The number of para-hydroxylation sites is 1. The lowest BCUT2D eigenvalue weighted by Gasteiger charge is -2.35.